The van der Waals surface area contributed by atoms with E-state index in [0.717, 1.165) is 16.9 Å². The van der Waals surface area contributed by atoms with Crippen molar-refractivity contribution < 1.29 is 13.2 Å². The number of sulfonamides is 1. The highest BCUT2D eigenvalue weighted by Crippen LogP contribution is 2.28. The molecular formula is C21H20ClN3O4S2. The van der Waals surface area contributed by atoms with E-state index in [2.05, 4.69) is 0 Å². The third kappa shape index (κ3) is 4.59. The van der Waals surface area contributed by atoms with Crippen molar-refractivity contribution in [3.05, 3.63) is 86.6 Å². The van der Waals surface area contributed by atoms with Crippen LogP contribution >= 0.6 is 22.9 Å². The monoisotopic (exact) mass is 477 g/mol. The lowest BCUT2D eigenvalue weighted by Crippen LogP contribution is -2.51. The lowest BCUT2D eigenvalue weighted by atomic mass is 10.2. The van der Waals surface area contributed by atoms with Gasteiger partial charge in [-0.05, 0) is 29.8 Å². The Kier molecular flexibility index (Phi) is 6.29. The molecule has 0 saturated carbocycles. The van der Waals surface area contributed by atoms with Crippen LogP contribution in [-0.2, 0) is 16.6 Å². The van der Waals surface area contributed by atoms with Gasteiger partial charge in [-0.2, -0.15) is 4.31 Å². The molecule has 0 N–H and O–H groups in total. The van der Waals surface area contributed by atoms with Crippen LogP contribution in [0.1, 0.15) is 15.9 Å². The molecule has 1 aliphatic heterocycles. The van der Waals surface area contributed by atoms with E-state index in [1.165, 1.54) is 25.9 Å². The third-order valence-electron chi connectivity index (χ3n) is 5.11. The van der Waals surface area contributed by atoms with E-state index in [0.29, 0.717) is 10.9 Å². The van der Waals surface area contributed by atoms with Crippen molar-refractivity contribution in [2.24, 2.45) is 0 Å². The summed E-state index contributed by atoms with van der Waals surface area (Å²) < 4.78 is 28.9. The number of nitrogens with zero attached hydrogens (tertiary/aromatic N) is 3. The van der Waals surface area contributed by atoms with Gasteiger partial charge in [0.2, 0.25) is 0 Å². The highest BCUT2D eigenvalue weighted by atomic mass is 35.5. The van der Waals surface area contributed by atoms with Crippen molar-refractivity contribution in [3.63, 3.8) is 0 Å². The maximum absolute atomic E-state index is 13.0. The molecule has 4 rings (SSSR count). The van der Waals surface area contributed by atoms with Gasteiger partial charge < -0.3 is 9.47 Å². The standard InChI is InChI=1S/C21H20ClN3O4S2/c22-18-8-9-19(30-18)31(28,29)25-13-11-23(12-14-25)20(26)17-7-4-10-24(21(17)27)15-16-5-2-1-3-6-16/h1-10H,11-15H2. The number of carbonyl (C=O) groups is 1. The molecule has 1 aromatic carbocycles. The molecule has 0 unspecified atom stereocenters. The first-order chi connectivity index (χ1) is 14.9. The minimum Gasteiger partial charge on any atom is -0.336 e. The zero-order valence-corrected chi connectivity index (χ0v) is 18.9. The predicted molar refractivity (Wildman–Crippen MR) is 120 cm³/mol. The Balaban J connectivity index is 1.47. The van der Waals surface area contributed by atoms with Crippen LogP contribution in [0.5, 0.6) is 0 Å². The van der Waals surface area contributed by atoms with Crippen molar-refractivity contribution >= 4 is 38.9 Å². The van der Waals surface area contributed by atoms with Gasteiger partial charge in [0.15, 0.2) is 0 Å². The van der Waals surface area contributed by atoms with E-state index in [-0.39, 0.29) is 47.4 Å². The van der Waals surface area contributed by atoms with Crippen LogP contribution in [0.25, 0.3) is 0 Å². The Morgan fingerprint density at radius 3 is 2.32 bits per heavy atom. The van der Waals surface area contributed by atoms with E-state index < -0.39 is 10.0 Å². The molecule has 10 heteroatoms. The average Bonchev–Trinajstić information content (AvgIpc) is 3.23. The van der Waals surface area contributed by atoms with Gasteiger partial charge in [-0.15, -0.1) is 11.3 Å². The highest BCUT2D eigenvalue weighted by molar-refractivity contribution is 7.91. The molecule has 7 nitrogen and oxygen atoms in total. The van der Waals surface area contributed by atoms with Crippen LogP contribution in [-0.4, -0.2) is 54.3 Å². The van der Waals surface area contributed by atoms with Crippen LogP contribution < -0.4 is 5.56 Å². The minimum absolute atomic E-state index is 0.0831. The maximum Gasteiger partial charge on any atom is 0.263 e. The number of halogens is 1. The Morgan fingerprint density at radius 2 is 1.68 bits per heavy atom. The number of hydrogen-bond donors (Lipinski definition) is 0. The van der Waals surface area contributed by atoms with Crippen molar-refractivity contribution in [1.29, 1.82) is 0 Å². The molecule has 3 aromatic rings. The molecule has 0 spiro atoms. The summed E-state index contributed by atoms with van der Waals surface area (Å²) in [4.78, 5) is 27.4. The van der Waals surface area contributed by atoms with E-state index in [1.54, 1.807) is 18.3 Å². The molecular weight excluding hydrogens is 458 g/mol. The predicted octanol–water partition coefficient (Wildman–Crippen LogP) is 2.76. The molecule has 2 aromatic heterocycles. The largest absolute Gasteiger partial charge is 0.336 e. The number of aromatic nitrogens is 1. The van der Waals surface area contributed by atoms with Gasteiger partial charge in [0.1, 0.15) is 9.77 Å². The topological polar surface area (TPSA) is 79.7 Å². The molecule has 162 valence electrons. The van der Waals surface area contributed by atoms with Gasteiger partial charge in [-0.1, -0.05) is 41.9 Å². The summed E-state index contributed by atoms with van der Waals surface area (Å²) >= 11 is 6.88. The third-order valence-corrected chi connectivity index (χ3v) is 8.71. The van der Waals surface area contributed by atoms with Crippen molar-refractivity contribution in [3.8, 4) is 0 Å². The highest BCUT2D eigenvalue weighted by Gasteiger charge is 2.32. The maximum atomic E-state index is 13.0. The molecule has 31 heavy (non-hydrogen) atoms. The summed E-state index contributed by atoms with van der Waals surface area (Å²) in [6, 6.07) is 15.8. The van der Waals surface area contributed by atoms with Gasteiger partial charge in [0.05, 0.1) is 10.9 Å². The lowest BCUT2D eigenvalue weighted by Gasteiger charge is -2.33. The van der Waals surface area contributed by atoms with Gasteiger partial charge >= 0.3 is 0 Å². The summed E-state index contributed by atoms with van der Waals surface area (Å²) in [6.45, 7) is 1.12. The number of amides is 1. The molecule has 0 atom stereocenters. The van der Waals surface area contributed by atoms with E-state index in [4.69, 9.17) is 11.6 Å². The normalized spacial score (nSPS) is 15.2. The van der Waals surface area contributed by atoms with Crippen LogP contribution in [0.2, 0.25) is 4.34 Å². The lowest BCUT2D eigenvalue weighted by molar-refractivity contribution is 0.0695. The van der Waals surface area contributed by atoms with Gasteiger partial charge in [0, 0.05) is 32.4 Å². The quantitative estimate of drug-likeness (QED) is 0.566. The molecule has 1 fully saturated rings. The molecule has 1 saturated heterocycles. The molecule has 1 amide bonds. The van der Waals surface area contributed by atoms with Gasteiger partial charge in [0.25, 0.3) is 21.5 Å². The van der Waals surface area contributed by atoms with Crippen LogP contribution in [0.4, 0.5) is 0 Å². The fourth-order valence-electron chi connectivity index (χ4n) is 3.47. The second-order valence-corrected chi connectivity index (χ2v) is 11.0. The molecule has 0 bridgehead atoms. The zero-order valence-electron chi connectivity index (χ0n) is 16.5. The number of hydrogen-bond acceptors (Lipinski definition) is 5. The number of thiophene rings is 1. The van der Waals surface area contributed by atoms with E-state index in [9.17, 15) is 18.0 Å². The van der Waals surface area contributed by atoms with Crippen LogP contribution in [0, 0.1) is 0 Å². The van der Waals surface area contributed by atoms with E-state index in [1.807, 2.05) is 30.3 Å². The number of benzene rings is 1. The summed E-state index contributed by atoms with van der Waals surface area (Å²) in [5.74, 6) is -0.386. The zero-order chi connectivity index (χ0) is 22.0. The minimum atomic E-state index is -3.64. The Bertz CT molecular complexity index is 1250. The summed E-state index contributed by atoms with van der Waals surface area (Å²) in [5.41, 5.74) is 0.682. The second kappa shape index (κ2) is 8.96. The fraction of sp³-hybridized carbons (Fsp3) is 0.238. The Hall–Kier alpha value is -2.46. The smallest absolute Gasteiger partial charge is 0.263 e. The van der Waals surface area contributed by atoms with Crippen molar-refractivity contribution in [2.75, 3.05) is 26.2 Å². The number of carbonyl (C=O) groups excluding carboxylic acids is 1. The van der Waals surface area contributed by atoms with Gasteiger partial charge in [-0.25, -0.2) is 8.42 Å². The van der Waals surface area contributed by atoms with Crippen LogP contribution in [0.3, 0.4) is 0 Å². The summed E-state index contributed by atoms with van der Waals surface area (Å²) in [7, 11) is -3.64. The molecule has 1 aliphatic rings. The fourth-order valence-corrected chi connectivity index (χ4v) is 6.53. The van der Waals surface area contributed by atoms with Crippen molar-refractivity contribution in [1.82, 2.24) is 13.8 Å². The van der Waals surface area contributed by atoms with Crippen LogP contribution in [0.15, 0.2) is 69.8 Å². The second-order valence-electron chi connectivity index (χ2n) is 7.10. The number of piperazine rings is 1. The Morgan fingerprint density at radius 1 is 0.968 bits per heavy atom. The molecule has 3 heterocycles. The molecule has 0 aliphatic carbocycles. The summed E-state index contributed by atoms with van der Waals surface area (Å²) in [5, 5.41) is 0. The SMILES string of the molecule is O=C(c1cccn(Cc2ccccc2)c1=O)N1CCN(S(=O)(=O)c2ccc(Cl)s2)CC1. The number of rotatable bonds is 5. The Labute approximate surface area is 189 Å². The van der Waals surface area contributed by atoms with E-state index >= 15 is 0 Å². The number of pyridine rings is 1. The first-order valence-corrected chi connectivity index (χ1v) is 12.3. The van der Waals surface area contributed by atoms with Crippen molar-refractivity contribution in [2.45, 2.75) is 10.8 Å². The average molecular weight is 478 g/mol. The first-order valence-electron chi connectivity index (χ1n) is 9.64. The first kappa shape index (κ1) is 21.8. The van der Waals surface area contributed by atoms with Gasteiger partial charge in [-0.3, -0.25) is 9.59 Å². The summed E-state index contributed by atoms with van der Waals surface area (Å²) in [6.07, 6.45) is 1.66. The molecule has 0 radical (unpaired) electrons.